The predicted octanol–water partition coefficient (Wildman–Crippen LogP) is 3.33. The van der Waals surface area contributed by atoms with Crippen LogP contribution in [0.25, 0.3) is 12.2 Å². The Balaban J connectivity index is 1.25. The van der Waals surface area contributed by atoms with Gasteiger partial charge < -0.3 is 5.32 Å². The normalized spacial score (nSPS) is 15.0. The predicted molar refractivity (Wildman–Crippen MR) is 127 cm³/mol. The van der Waals surface area contributed by atoms with Crippen LogP contribution in [0, 0.1) is 5.82 Å². The van der Waals surface area contributed by atoms with E-state index in [1.165, 1.54) is 42.5 Å². The quantitative estimate of drug-likeness (QED) is 0.500. The van der Waals surface area contributed by atoms with E-state index in [9.17, 15) is 18.8 Å². The van der Waals surface area contributed by atoms with Crippen molar-refractivity contribution in [2.75, 3.05) is 13.1 Å². The van der Waals surface area contributed by atoms with Crippen LogP contribution in [0.5, 0.6) is 0 Å². The van der Waals surface area contributed by atoms with Crippen LogP contribution in [0.2, 0.25) is 0 Å². The van der Waals surface area contributed by atoms with Gasteiger partial charge in [-0.15, -0.1) is 5.10 Å². The number of thioether (sulfide) groups is 1. The molecule has 1 saturated heterocycles. The lowest BCUT2D eigenvalue weighted by Gasteiger charge is -2.12. The molecular formula is C24H20FN5O3S. The van der Waals surface area contributed by atoms with Gasteiger partial charge in [-0.05, 0) is 47.2 Å². The maximum absolute atomic E-state index is 13.0. The van der Waals surface area contributed by atoms with Gasteiger partial charge in [0.05, 0.1) is 17.6 Å². The van der Waals surface area contributed by atoms with Crippen molar-refractivity contribution < 1.29 is 18.8 Å². The van der Waals surface area contributed by atoms with Gasteiger partial charge in [0.2, 0.25) is 5.91 Å². The molecule has 1 N–H and O–H groups in total. The van der Waals surface area contributed by atoms with Crippen molar-refractivity contribution in [1.82, 2.24) is 25.2 Å². The molecule has 4 rings (SSSR count). The van der Waals surface area contributed by atoms with Gasteiger partial charge in [-0.3, -0.25) is 19.3 Å². The fraction of sp³-hybridized carbons (Fsp3) is 0.125. The van der Waals surface area contributed by atoms with Gasteiger partial charge in [0.1, 0.15) is 11.5 Å². The number of nitrogens with one attached hydrogen (secondary N) is 1. The lowest BCUT2D eigenvalue weighted by atomic mass is 10.2. The van der Waals surface area contributed by atoms with E-state index in [4.69, 9.17) is 0 Å². The van der Waals surface area contributed by atoms with Crippen LogP contribution in [0.4, 0.5) is 9.18 Å². The third-order valence-corrected chi connectivity index (χ3v) is 5.73. The van der Waals surface area contributed by atoms with Crippen molar-refractivity contribution >= 4 is 41.0 Å². The molecule has 0 atom stereocenters. The van der Waals surface area contributed by atoms with E-state index >= 15 is 0 Å². The summed E-state index contributed by atoms with van der Waals surface area (Å²) in [7, 11) is 0. The van der Waals surface area contributed by atoms with Crippen LogP contribution in [0.15, 0.2) is 71.8 Å². The van der Waals surface area contributed by atoms with Gasteiger partial charge in [0.25, 0.3) is 11.1 Å². The van der Waals surface area contributed by atoms with Crippen molar-refractivity contribution in [3.05, 3.63) is 94.4 Å². The SMILES string of the molecule is O=C(/C=C/c1cn(Cc2ccccc2)nn1)NCCN1C(=O)S/C(=C\c2ccc(F)cc2)C1=O. The average molecular weight is 478 g/mol. The molecule has 0 saturated carbocycles. The van der Waals surface area contributed by atoms with Crippen molar-refractivity contribution in [3.63, 3.8) is 0 Å². The molecule has 34 heavy (non-hydrogen) atoms. The summed E-state index contributed by atoms with van der Waals surface area (Å²) < 4.78 is 14.7. The van der Waals surface area contributed by atoms with Gasteiger partial charge in [-0.25, -0.2) is 9.07 Å². The molecule has 1 aromatic heterocycles. The number of imide groups is 1. The molecule has 172 valence electrons. The summed E-state index contributed by atoms with van der Waals surface area (Å²) in [6.07, 6.45) is 6.12. The number of halogens is 1. The molecule has 10 heteroatoms. The lowest BCUT2D eigenvalue weighted by Crippen LogP contribution is -2.36. The zero-order valence-electron chi connectivity index (χ0n) is 17.9. The summed E-state index contributed by atoms with van der Waals surface area (Å²) in [5.41, 5.74) is 2.23. The van der Waals surface area contributed by atoms with E-state index in [1.807, 2.05) is 30.3 Å². The highest BCUT2D eigenvalue weighted by Crippen LogP contribution is 2.31. The average Bonchev–Trinajstić information content (AvgIpc) is 3.39. The second-order valence-electron chi connectivity index (χ2n) is 7.34. The van der Waals surface area contributed by atoms with Gasteiger partial charge in [-0.2, -0.15) is 0 Å². The first-order chi connectivity index (χ1) is 16.5. The van der Waals surface area contributed by atoms with Crippen LogP contribution < -0.4 is 5.32 Å². The maximum Gasteiger partial charge on any atom is 0.293 e. The van der Waals surface area contributed by atoms with Gasteiger partial charge >= 0.3 is 0 Å². The van der Waals surface area contributed by atoms with E-state index in [-0.39, 0.29) is 29.7 Å². The Morgan fingerprint density at radius 1 is 1.09 bits per heavy atom. The monoisotopic (exact) mass is 477 g/mol. The van der Waals surface area contributed by atoms with Crippen molar-refractivity contribution in [2.45, 2.75) is 6.54 Å². The Kier molecular flexibility index (Phi) is 7.28. The first-order valence-corrected chi connectivity index (χ1v) is 11.2. The molecule has 3 amide bonds. The number of amides is 3. The summed E-state index contributed by atoms with van der Waals surface area (Å²) in [6.45, 7) is 0.714. The van der Waals surface area contributed by atoms with E-state index in [1.54, 1.807) is 10.9 Å². The summed E-state index contributed by atoms with van der Waals surface area (Å²) >= 11 is 0.811. The van der Waals surface area contributed by atoms with Crippen molar-refractivity contribution in [1.29, 1.82) is 0 Å². The van der Waals surface area contributed by atoms with Crippen LogP contribution in [-0.2, 0) is 16.1 Å². The maximum atomic E-state index is 13.0. The Bertz CT molecular complexity index is 1260. The first-order valence-electron chi connectivity index (χ1n) is 10.4. The largest absolute Gasteiger partial charge is 0.351 e. The summed E-state index contributed by atoms with van der Waals surface area (Å²) in [6, 6.07) is 15.4. The number of carbonyl (C=O) groups excluding carboxylic acids is 3. The zero-order valence-corrected chi connectivity index (χ0v) is 18.7. The molecular weight excluding hydrogens is 457 g/mol. The molecule has 8 nitrogen and oxygen atoms in total. The third-order valence-electron chi connectivity index (χ3n) is 4.83. The highest BCUT2D eigenvalue weighted by molar-refractivity contribution is 8.18. The fourth-order valence-corrected chi connectivity index (χ4v) is 4.02. The first kappa shape index (κ1) is 23.1. The standard InChI is InChI=1S/C24H20FN5O3S/c25-19-8-6-17(7-9-19)14-21-23(32)30(24(33)34-21)13-12-26-22(31)11-10-20-16-29(28-27-20)15-18-4-2-1-3-5-18/h1-11,14,16H,12-13,15H2,(H,26,31)/b11-10+,21-14-. The number of rotatable bonds is 8. The van der Waals surface area contributed by atoms with Crippen LogP contribution in [-0.4, -0.2) is 50.0 Å². The van der Waals surface area contributed by atoms with Crippen molar-refractivity contribution in [2.24, 2.45) is 0 Å². The number of carbonyl (C=O) groups is 3. The Hall–Kier alpha value is -4.05. The fourth-order valence-electron chi connectivity index (χ4n) is 3.15. The molecule has 2 aromatic carbocycles. The number of hydrogen-bond acceptors (Lipinski definition) is 6. The third kappa shape index (κ3) is 6.04. The van der Waals surface area contributed by atoms with Gasteiger partial charge in [0, 0.05) is 19.2 Å². The number of hydrogen-bond donors (Lipinski definition) is 1. The minimum Gasteiger partial charge on any atom is -0.351 e. The molecule has 2 heterocycles. The summed E-state index contributed by atoms with van der Waals surface area (Å²) in [4.78, 5) is 38.1. The smallest absolute Gasteiger partial charge is 0.293 e. The zero-order chi connectivity index (χ0) is 23.9. The molecule has 0 spiro atoms. The molecule has 1 aliphatic heterocycles. The topological polar surface area (TPSA) is 97.2 Å². The minimum atomic E-state index is -0.445. The van der Waals surface area contributed by atoms with E-state index in [2.05, 4.69) is 15.6 Å². The lowest BCUT2D eigenvalue weighted by molar-refractivity contribution is -0.123. The minimum absolute atomic E-state index is 0.0399. The number of benzene rings is 2. The van der Waals surface area contributed by atoms with Crippen LogP contribution in [0.1, 0.15) is 16.8 Å². The Labute approximate surface area is 199 Å². The molecule has 3 aromatic rings. The second kappa shape index (κ2) is 10.7. The summed E-state index contributed by atoms with van der Waals surface area (Å²) in [5, 5.41) is 10.3. The number of aromatic nitrogens is 3. The van der Waals surface area contributed by atoms with E-state index in [0.29, 0.717) is 17.8 Å². The second-order valence-corrected chi connectivity index (χ2v) is 8.33. The van der Waals surface area contributed by atoms with Gasteiger partial charge in [0.15, 0.2) is 0 Å². The van der Waals surface area contributed by atoms with Gasteiger partial charge in [-0.1, -0.05) is 47.7 Å². The highest BCUT2D eigenvalue weighted by Gasteiger charge is 2.34. The van der Waals surface area contributed by atoms with Crippen LogP contribution >= 0.6 is 11.8 Å². The Morgan fingerprint density at radius 2 is 1.85 bits per heavy atom. The van der Waals surface area contributed by atoms with Crippen LogP contribution in [0.3, 0.4) is 0 Å². The molecule has 0 radical (unpaired) electrons. The highest BCUT2D eigenvalue weighted by atomic mass is 32.2. The summed E-state index contributed by atoms with van der Waals surface area (Å²) in [5.74, 6) is -1.21. The molecule has 0 bridgehead atoms. The van der Waals surface area contributed by atoms with Crippen molar-refractivity contribution in [3.8, 4) is 0 Å². The molecule has 0 unspecified atom stereocenters. The van der Waals surface area contributed by atoms with E-state index < -0.39 is 11.1 Å². The molecule has 1 fully saturated rings. The Morgan fingerprint density at radius 3 is 2.62 bits per heavy atom. The molecule has 1 aliphatic rings. The van der Waals surface area contributed by atoms with E-state index in [0.717, 1.165) is 22.2 Å². The number of nitrogens with zero attached hydrogens (tertiary/aromatic N) is 4. The molecule has 0 aliphatic carbocycles.